The number of aliphatic carboxylic acids is 1. The van der Waals surface area contributed by atoms with E-state index in [-0.39, 0.29) is 30.8 Å². The third-order valence-corrected chi connectivity index (χ3v) is 3.49. The van der Waals surface area contributed by atoms with Gasteiger partial charge in [-0.2, -0.15) is 0 Å². The lowest BCUT2D eigenvalue weighted by Gasteiger charge is -2.04. The van der Waals surface area contributed by atoms with E-state index in [1.807, 2.05) is 0 Å². The van der Waals surface area contributed by atoms with Crippen molar-refractivity contribution in [2.75, 3.05) is 0 Å². The first kappa shape index (κ1) is 17.3. The van der Waals surface area contributed by atoms with Gasteiger partial charge in [0.2, 0.25) is 0 Å². The van der Waals surface area contributed by atoms with Gasteiger partial charge < -0.3 is 10.2 Å². The Hall–Kier alpha value is -1.75. The number of carboxylic acid groups (broad SMARTS) is 1. The van der Waals surface area contributed by atoms with E-state index in [1.54, 1.807) is 0 Å². The zero-order valence-electron chi connectivity index (χ0n) is 12.3. The Morgan fingerprint density at radius 3 is 2.62 bits per heavy atom. The first-order valence-corrected chi connectivity index (χ1v) is 7.32. The number of carboxylic acids is 1. The fourth-order valence-electron chi connectivity index (χ4n) is 2.31. The number of hydrogen-bond donors (Lipinski definition) is 2. The highest BCUT2D eigenvalue weighted by molar-refractivity contribution is 6.01. The normalized spacial score (nSPS) is 18.8. The summed E-state index contributed by atoms with van der Waals surface area (Å²) in [6, 6.07) is 0. The standard InChI is InChI=1S/C16H22O5/c1-2-3-4-5-11(17)6-7-12-13(8-9-16(20)21)15(19)10-14(12)18/h6-7,14,18H,2-5,8-10H2,1H3,(H,20,21)/b7-6+. The Bertz CT molecular complexity index is 473. The molecule has 116 valence electrons. The van der Waals surface area contributed by atoms with Gasteiger partial charge in [-0.05, 0) is 24.5 Å². The molecule has 2 N–H and O–H groups in total. The summed E-state index contributed by atoms with van der Waals surface area (Å²) >= 11 is 0. The van der Waals surface area contributed by atoms with Crippen molar-refractivity contribution in [3.05, 3.63) is 23.3 Å². The van der Waals surface area contributed by atoms with Gasteiger partial charge in [0.1, 0.15) is 0 Å². The summed E-state index contributed by atoms with van der Waals surface area (Å²) in [7, 11) is 0. The molecule has 0 fully saturated rings. The third kappa shape index (κ3) is 5.63. The Morgan fingerprint density at radius 2 is 2.00 bits per heavy atom. The summed E-state index contributed by atoms with van der Waals surface area (Å²) < 4.78 is 0. The minimum Gasteiger partial charge on any atom is -0.481 e. The predicted molar refractivity (Wildman–Crippen MR) is 77.8 cm³/mol. The van der Waals surface area contributed by atoms with Crippen molar-refractivity contribution in [1.29, 1.82) is 0 Å². The second-order valence-corrected chi connectivity index (χ2v) is 5.23. The molecule has 1 aliphatic rings. The van der Waals surface area contributed by atoms with Gasteiger partial charge in [-0.3, -0.25) is 14.4 Å². The Morgan fingerprint density at radius 1 is 1.29 bits per heavy atom. The molecule has 0 saturated heterocycles. The van der Waals surface area contributed by atoms with Crippen LogP contribution in [-0.2, 0) is 14.4 Å². The van der Waals surface area contributed by atoms with Crippen LogP contribution in [0.2, 0.25) is 0 Å². The van der Waals surface area contributed by atoms with Crippen molar-refractivity contribution < 1.29 is 24.6 Å². The van der Waals surface area contributed by atoms with Crippen molar-refractivity contribution in [3.63, 3.8) is 0 Å². The van der Waals surface area contributed by atoms with Gasteiger partial charge in [-0.1, -0.05) is 25.8 Å². The molecular weight excluding hydrogens is 272 g/mol. The summed E-state index contributed by atoms with van der Waals surface area (Å²) in [5.74, 6) is -1.27. The zero-order valence-corrected chi connectivity index (χ0v) is 12.3. The van der Waals surface area contributed by atoms with Gasteiger partial charge in [-0.25, -0.2) is 0 Å². The molecule has 1 aliphatic carbocycles. The lowest BCUT2D eigenvalue weighted by molar-refractivity contribution is -0.137. The van der Waals surface area contributed by atoms with Crippen molar-refractivity contribution in [1.82, 2.24) is 0 Å². The van der Waals surface area contributed by atoms with Crippen molar-refractivity contribution in [3.8, 4) is 0 Å². The smallest absolute Gasteiger partial charge is 0.303 e. The van der Waals surface area contributed by atoms with E-state index in [9.17, 15) is 19.5 Å². The molecule has 0 aliphatic heterocycles. The molecule has 0 bridgehead atoms. The number of ketones is 2. The van der Waals surface area contributed by atoms with E-state index in [0.717, 1.165) is 19.3 Å². The summed E-state index contributed by atoms with van der Waals surface area (Å²) in [5.41, 5.74) is 0.729. The number of rotatable bonds is 9. The minimum absolute atomic E-state index is 0.0291. The first-order valence-electron chi connectivity index (χ1n) is 7.32. The topological polar surface area (TPSA) is 91.7 Å². The van der Waals surface area contributed by atoms with E-state index >= 15 is 0 Å². The van der Waals surface area contributed by atoms with E-state index in [4.69, 9.17) is 5.11 Å². The fraction of sp³-hybridized carbons (Fsp3) is 0.562. The van der Waals surface area contributed by atoms with Crippen molar-refractivity contribution in [2.45, 2.75) is 58.0 Å². The molecule has 0 spiro atoms. The average molecular weight is 294 g/mol. The van der Waals surface area contributed by atoms with Crippen LogP contribution < -0.4 is 0 Å². The fourth-order valence-corrected chi connectivity index (χ4v) is 2.31. The van der Waals surface area contributed by atoms with E-state index in [2.05, 4.69) is 6.92 Å². The van der Waals surface area contributed by atoms with E-state index < -0.39 is 12.1 Å². The third-order valence-electron chi connectivity index (χ3n) is 3.49. The summed E-state index contributed by atoms with van der Waals surface area (Å²) in [5, 5.41) is 18.5. The number of aliphatic hydroxyl groups excluding tert-OH is 1. The maximum atomic E-state index is 11.7. The van der Waals surface area contributed by atoms with Crippen molar-refractivity contribution >= 4 is 17.5 Å². The Balaban J connectivity index is 2.72. The molecule has 1 atom stereocenters. The predicted octanol–water partition coefficient (Wildman–Crippen LogP) is 2.19. The van der Waals surface area contributed by atoms with Gasteiger partial charge in [0.15, 0.2) is 11.6 Å². The highest BCUT2D eigenvalue weighted by Crippen LogP contribution is 2.28. The van der Waals surface area contributed by atoms with Gasteiger partial charge >= 0.3 is 5.97 Å². The number of unbranched alkanes of at least 4 members (excludes halogenated alkanes) is 2. The second kappa shape index (κ2) is 8.52. The quantitative estimate of drug-likeness (QED) is 0.502. The van der Waals surface area contributed by atoms with Crippen LogP contribution >= 0.6 is 0 Å². The lowest BCUT2D eigenvalue weighted by atomic mass is 10.0. The van der Waals surface area contributed by atoms with Crippen LogP contribution in [0.4, 0.5) is 0 Å². The molecule has 0 aromatic carbocycles. The number of allylic oxidation sites excluding steroid dienone is 2. The molecule has 0 saturated carbocycles. The zero-order chi connectivity index (χ0) is 15.8. The molecule has 0 radical (unpaired) electrons. The molecule has 21 heavy (non-hydrogen) atoms. The monoisotopic (exact) mass is 294 g/mol. The molecule has 5 heteroatoms. The van der Waals surface area contributed by atoms with Crippen LogP contribution in [0.1, 0.15) is 51.9 Å². The highest BCUT2D eigenvalue weighted by Gasteiger charge is 2.29. The van der Waals surface area contributed by atoms with Gasteiger partial charge in [0.25, 0.3) is 0 Å². The molecule has 0 amide bonds. The van der Waals surface area contributed by atoms with Crippen molar-refractivity contribution in [2.24, 2.45) is 0 Å². The average Bonchev–Trinajstić information content (AvgIpc) is 2.68. The number of carbonyl (C=O) groups excluding carboxylic acids is 2. The van der Waals surface area contributed by atoms with Gasteiger partial charge in [0, 0.05) is 24.8 Å². The maximum Gasteiger partial charge on any atom is 0.303 e. The maximum absolute atomic E-state index is 11.7. The molecule has 0 heterocycles. The van der Waals surface area contributed by atoms with Crippen LogP contribution in [0.3, 0.4) is 0 Å². The molecule has 0 aromatic heterocycles. The molecule has 1 rings (SSSR count). The SMILES string of the molecule is CCCCCC(=O)/C=C/C1=C(CCC(=O)O)C(=O)CC1O. The van der Waals surface area contributed by atoms with E-state index in [0.29, 0.717) is 17.6 Å². The molecule has 5 nitrogen and oxygen atoms in total. The van der Waals surface area contributed by atoms with Crippen LogP contribution in [0.5, 0.6) is 0 Å². The van der Waals surface area contributed by atoms with Crippen LogP contribution in [0, 0.1) is 0 Å². The number of hydrogen-bond acceptors (Lipinski definition) is 4. The first-order chi connectivity index (χ1) is 9.95. The molecule has 0 aromatic rings. The van der Waals surface area contributed by atoms with E-state index in [1.165, 1.54) is 12.2 Å². The Labute approximate surface area is 124 Å². The molecule has 1 unspecified atom stereocenters. The summed E-state index contributed by atoms with van der Waals surface area (Å²) in [4.78, 5) is 34.0. The van der Waals surface area contributed by atoms with Crippen LogP contribution in [-0.4, -0.2) is 33.9 Å². The van der Waals surface area contributed by atoms with Gasteiger partial charge in [0.05, 0.1) is 6.10 Å². The highest BCUT2D eigenvalue weighted by atomic mass is 16.4. The number of Topliss-reactive ketones (excluding diaryl/α,β-unsaturated/α-hetero) is 1. The summed E-state index contributed by atoms with van der Waals surface area (Å²) in [6.45, 7) is 2.06. The Kier molecular flexibility index (Phi) is 7.02. The second-order valence-electron chi connectivity index (χ2n) is 5.23. The number of aliphatic hydroxyl groups is 1. The van der Waals surface area contributed by atoms with Crippen LogP contribution in [0.15, 0.2) is 23.3 Å². The number of carbonyl (C=O) groups is 3. The van der Waals surface area contributed by atoms with Gasteiger partial charge in [-0.15, -0.1) is 0 Å². The lowest BCUT2D eigenvalue weighted by Crippen LogP contribution is -2.05. The summed E-state index contributed by atoms with van der Waals surface area (Å²) in [6.07, 6.45) is 5.14. The molecular formula is C16H22O5. The largest absolute Gasteiger partial charge is 0.481 e. The van der Waals surface area contributed by atoms with Crippen LogP contribution in [0.25, 0.3) is 0 Å². The minimum atomic E-state index is -0.990.